The van der Waals surface area contributed by atoms with Crippen molar-refractivity contribution in [2.75, 3.05) is 0 Å². The van der Waals surface area contributed by atoms with Gasteiger partial charge >= 0.3 is 6.09 Å². The Labute approximate surface area is 126 Å². The van der Waals surface area contributed by atoms with E-state index in [1.807, 2.05) is 0 Å². The van der Waals surface area contributed by atoms with Crippen LogP contribution in [0, 0.1) is 0 Å². The Morgan fingerprint density at radius 3 is 2.40 bits per heavy atom. The molecule has 1 unspecified atom stereocenters. The Hall–Kier alpha value is -1.56. The van der Waals surface area contributed by atoms with Gasteiger partial charge in [-0.2, -0.15) is 0 Å². The van der Waals surface area contributed by atoms with E-state index in [9.17, 15) is 14.7 Å². The summed E-state index contributed by atoms with van der Waals surface area (Å²) in [6.45, 7) is 6.66. The van der Waals surface area contributed by atoms with E-state index in [2.05, 4.69) is 21.2 Å². The number of phenolic OH excluding ortho intramolecular Hbond substituents is 1. The van der Waals surface area contributed by atoms with Gasteiger partial charge in [-0.1, -0.05) is 22.0 Å². The molecule has 0 fully saturated rings. The summed E-state index contributed by atoms with van der Waals surface area (Å²) in [7, 11) is 0. The molecule has 5 nitrogen and oxygen atoms in total. The summed E-state index contributed by atoms with van der Waals surface area (Å²) < 4.78 is 5.65. The summed E-state index contributed by atoms with van der Waals surface area (Å²) >= 11 is 3.26. The molecule has 1 rings (SSSR count). The number of alkyl carbamates (subject to hydrolysis) is 1. The lowest BCUT2D eigenvalue weighted by Crippen LogP contribution is -2.47. The van der Waals surface area contributed by atoms with Crippen molar-refractivity contribution < 1.29 is 19.4 Å². The Morgan fingerprint density at radius 2 is 1.95 bits per heavy atom. The minimum atomic E-state index is -1.40. The van der Waals surface area contributed by atoms with Crippen molar-refractivity contribution in [3.05, 3.63) is 28.2 Å². The van der Waals surface area contributed by atoms with Crippen LogP contribution in [-0.2, 0) is 15.1 Å². The maximum atomic E-state index is 11.8. The first-order valence-electron chi connectivity index (χ1n) is 6.04. The van der Waals surface area contributed by atoms with E-state index in [-0.39, 0.29) is 11.3 Å². The maximum absolute atomic E-state index is 11.8. The lowest BCUT2D eigenvalue weighted by Gasteiger charge is -2.29. The Balaban J connectivity index is 3.10. The number of carbonyl (C=O) groups is 2. The van der Waals surface area contributed by atoms with E-state index in [1.54, 1.807) is 32.9 Å². The first-order chi connectivity index (χ1) is 9.09. The van der Waals surface area contributed by atoms with Crippen LogP contribution in [0.2, 0.25) is 0 Å². The van der Waals surface area contributed by atoms with Crippen LogP contribution in [0.1, 0.15) is 33.3 Å². The van der Waals surface area contributed by atoms with Gasteiger partial charge in [0.1, 0.15) is 23.2 Å². The molecule has 0 aliphatic carbocycles. The van der Waals surface area contributed by atoms with Gasteiger partial charge in [-0.25, -0.2) is 4.79 Å². The van der Waals surface area contributed by atoms with Crippen molar-refractivity contribution in [1.29, 1.82) is 0 Å². The van der Waals surface area contributed by atoms with E-state index in [0.29, 0.717) is 10.8 Å². The zero-order chi connectivity index (χ0) is 15.6. The second kappa shape index (κ2) is 5.83. The van der Waals surface area contributed by atoms with Crippen molar-refractivity contribution in [2.45, 2.75) is 38.8 Å². The maximum Gasteiger partial charge on any atom is 0.408 e. The zero-order valence-corrected chi connectivity index (χ0v) is 13.4. The van der Waals surface area contributed by atoms with Gasteiger partial charge in [0, 0.05) is 10.0 Å². The normalized spacial score (nSPS) is 14.2. The van der Waals surface area contributed by atoms with Crippen LogP contribution in [0.4, 0.5) is 4.79 Å². The SMILES string of the molecule is CC(C)(C)OC(=O)NC(C)(C=O)c1c(O)cccc1Br. The number of nitrogens with one attached hydrogen (secondary N) is 1. The summed E-state index contributed by atoms with van der Waals surface area (Å²) in [5.74, 6) is -0.0926. The predicted octanol–water partition coefficient (Wildman–Crippen LogP) is 3.09. The zero-order valence-electron chi connectivity index (χ0n) is 11.9. The number of amides is 1. The van der Waals surface area contributed by atoms with Gasteiger partial charge in [0.2, 0.25) is 0 Å². The quantitative estimate of drug-likeness (QED) is 0.827. The number of rotatable bonds is 3. The van der Waals surface area contributed by atoms with Crippen LogP contribution in [0.15, 0.2) is 22.7 Å². The standard InChI is InChI=1S/C14H18BrNO4/c1-13(2,3)20-12(19)16-14(4,8-17)11-9(15)6-5-7-10(11)18/h5-8,18H,1-4H3,(H,16,19). The average Bonchev–Trinajstić information content (AvgIpc) is 2.25. The molecule has 1 aromatic carbocycles. The lowest BCUT2D eigenvalue weighted by molar-refractivity contribution is -0.113. The van der Waals surface area contributed by atoms with Crippen LogP contribution >= 0.6 is 15.9 Å². The first kappa shape index (κ1) is 16.5. The number of ether oxygens (including phenoxy) is 1. The summed E-state index contributed by atoms with van der Waals surface area (Å²) in [5, 5.41) is 12.4. The summed E-state index contributed by atoms with van der Waals surface area (Å²) in [6, 6.07) is 4.74. The summed E-state index contributed by atoms with van der Waals surface area (Å²) in [4.78, 5) is 23.3. The molecular weight excluding hydrogens is 326 g/mol. The third kappa shape index (κ3) is 3.96. The van der Waals surface area contributed by atoms with Gasteiger partial charge in [-0.15, -0.1) is 0 Å². The summed E-state index contributed by atoms with van der Waals surface area (Å²) in [6.07, 6.45) is -0.182. The molecule has 2 N–H and O–H groups in total. The van der Waals surface area contributed by atoms with Crippen LogP contribution in [0.25, 0.3) is 0 Å². The minimum absolute atomic E-state index is 0.0926. The number of phenols is 1. The molecular formula is C14H18BrNO4. The van der Waals surface area contributed by atoms with E-state index in [1.165, 1.54) is 13.0 Å². The van der Waals surface area contributed by atoms with E-state index < -0.39 is 17.2 Å². The van der Waals surface area contributed by atoms with Gasteiger partial charge in [0.25, 0.3) is 0 Å². The number of hydrogen-bond acceptors (Lipinski definition) is 4. The van der Waals surface area contributed by atoms with Gasteiger partial charge in [0.05, 0.1) is 0 Å². The van der Waals surface area contributed by atoms with Gasteiger partial charge < -0.3 is 20.0 Å². The van der Waals surface area contributed by atoms with Crippen molar-refractivity contribution in [2.24, 2.45) is 0 Å². The largest absolute Gasteiger partial charge is 0.508 e. The number of benzene rings is 1. The third-order valence-electron chi connectivity index (χ3n) is 2.51. The minimum Gasteiger partial charge on any atom is -0.508 e. The van der Waals surface area contributed by atoms with Crippen molar-refractivity contribution in [1.82, 2.24) is 5.32 Å². The second-order valence-electron chi connectivity index (χ2n) is 5.58. The average molecular weight is 344 g/mol. The molecule has 6 heteroatoms. The second-order valence-corrected chi connectivity index (χ2v) is 6.44. The monoisotopic (exact) mass is 343 g/mol. The smallest absolute Gasteiger partial charge is 0.408 e. The van der Waals surface area contributed by atoms with Crippen molar-refractivity contribution >= 4 is 28.3 Å². The number of aromatic hydroxyl groups is 1. The predicted molar refractivity (Wildman–Crippen MR) is 78.6 cm³/mol. The van der Waals surface area contributed by atoms with Gasteiger partial charge in [-0.3, -0.25) is 0 Å². The molecule has 1 amide bonds. The highest BCUT2D eigenvalue weighted by atomic mass is 79.9. The van der Waals surface area contributed by atoms with Crippen molar-refractivity contribution in [3.63, 3.8) is 0 Å². The fraction of sp³-hybridized carbons (Fsp3) is 0.429. The Morgan fingerprint density at radius 1 is 1.35 bits per heavy atom. The molecule has 0 aliphatic rings. The molecule has 0 aliphatic heterocycles. The molecule has 0 heterocycles. The van der Waals surface area contributed by atoms with Crippen LogP contribution < -0.4 is 5.32 Å². The van der Waals surface area contributed by atoms with Crippen LogP contribution in [-0.4, -0.2) is 23.1 Å². The molecule has 0 saturated heterocycles. The van der Waals surface area contributed by atoms with Gasteiger partial charge in [-0.05, 0) is 39.8 Å². The molecule has 0 aromatic heterocycles. The molecule has 1 atom stereocenters. The highest BCUT2D eigenvalue weighted by molar-refractivity contribution is 9.10. The van der Waals surface area contributed by atoms with Crippen LogP contribution in [0.5, 0.6) is 5.75 Å². The molecule has 20 heavy (non-hydrogen) atoms. The Kier molecular flexibility index (Phi) is 4.81. The van der Waals surface area contributed by atoms with E-state index in [4.69, 9.17) is 4.74 Å². The highest BCUT2D eigenvalue weighted by Gasteiger charge is 2.34. The van der Waals surface area contributed by atoms with Gasteiger partial charge in [0.15, 0.2) is 0 Å². The fourth-order valence-electron chi connectivity index (χ4n) is 1.69. The molecule has 0 radical (unpaired) electrons. The summed E-state index contributed by atoms with van der Waals surface area (Å²) in [5.41, 5.74) is -1.79. The molecule has 1 aromatic rings. The number of halogens is 1. The molecule has 0 saturated carbocycles. The highest BCUT2D eigenvalue weighted by Crippen LogP contribution is 2.34. The first-order valence-corrected chi connectivity index (χ1v) is 6.84. The number of aldehydes is 1. The van der Waals surface area contributed by atoms with Crippen molar-refractivity contribution in [3.8, 4) is 5.75 Å². The number of carbonyl (C=O) groups excluding carboxylic acids is 2. The number of hydrogen-bond donors (Lipinski definition) is 2. The molecule has 110 valence electrons. The van der Waals surface area contributed by atoms with E-state index in [0.717, 1.165) is 0 Å². The third-order valence-corrected chi connectivity index (χ3v) is 3.17. The Bertz CT molecular complexity index is 504. The lowest BCUT2D eigenvalue weighted by atomic mass is 9.93. The van der Waals surface area contributed by atoms with E-state index >= 15 is 0 Å². The molecule has 0 bridgehead atoms. The topological polar surface area (TPSA) is 75.6 Å². The van der Waals surface area contributed by atoms with Crippen LogP contribution in [0.3, 0.4) is 0 Å². The fourth-order valence-corrected chi connectivity index (χ4v) is 2.46. The molecule has 0 spiro atoms.